The molecule has 4 saturated carbocycles. The Kier molecular flexibility index (Phi) is 13.6. The molecule has 376 valence electrons. The number of carbonyl (C=O) groups is 2. The van der Waals surface area contributed by atoms with Crippen molar-refractivity contribution in [2.45, 2.75) is 198 Å². The quantitative estimate of drug-likeness (QED) is 0.0813. The van der Waals surface area contributed by atoms with E-state index in [9.17, 15) is 65.8 Å². The predicted octanol–water partition coefficient (Wildman–Crippen LogP) is -0.156. The third-order valence-corrected chi connectivity index (χ3v) is 19.1. The number of carboxylic acid groups (broad SMARTS) is 1. The molecule has 23 atom stereocenters. The first kappa shape index (κ1) is 50.5. The van der Waals surface area contributed by atoms with Crippen molar-refractivity contribution in [2.24, 2.45) is 50.2 Å². The number of fused-ring (bicyclic) bond motifs is 7. The molecule has 8 aliphatic rings. The Hall–Kier alpha value is -1.92. The Morgan fingerprint density at radius 3 is 2.06 bits per heavy atom. The maximum Gasteiger partial charge on any atom is 0.335 e. The number of allylic oxidation sites excluding steroid dienone is 2. The van der Waals surface area contributed by atoms with Crippen LogP contribution in [0.15, 0.2) is 11.6 Å². The number of carbonyl (C=O) groups excluding carboxylic acids is 1. The minimum absolute atomic E-state index is 0.0648. The fourth-order valence-corrected chi connectivity index (χ4v) is 14.8. The van der Waals surface area contributed by atoms with Gasteiger partial charge in [0.1, 0.15) is 61.0 Å². The van der Waals surface area contributed by atoms with Crippen LogP contribution in [0.5, 0.6) is 0 Å². The molecule has 0 radical (unpaired) electrons. The minimum atomic E-state index is -1.91. The van der Waals surface area contributed by atoms with Gasteiger partial charge in [-0.15, -0.1) is 0 Å². The summed E-state index contributed by atoms with van der Waals surface area (Å²) in [5.41, 5.74) is -1.68. The van der Waals surface area contributed by atoms with Gasteiger partial charge in [0.15, 0.2) is 18.7 Å². The van der Waals surface area contributed by atoms with Gasteiger partial charge in [-0.3, -0.25) is 4.79 Å². The van der Waals surface area contributed by atoms with Crippen LogP contribution in [-0.4, -0.2) is 180 Å². The lowest BCUT2D eigenvalue weighted by molar-refractivity contribution is -0.357. The molecule has 7 fully saturated rings. The van der Waals surface area contributed by atoms with Crippen LogP contribution in [0.3, 0.4) is 0 Å². The maximum absolute atomic E-state index is 14.7. The summed E-state index contributed by atoms with van der Waals surface area (Å²) in [5.74, 6) is -2.13. The molecule has 0 aromatic carbocycles. The highest BCUT2D eigenvalue weighted by atomic mass is 16.7. The van der Waals surface area contributed by atoms with E-state index in [0.717, 1.165) is 25.7 Å². The number of hydrogen-bond donors (Lipinski definition) is 11. The Morgan fingerprint density at radius 2 is 1.39 bits per heavy atom. The highest BCUT2D eigenvalue weighted by Gasteiger charge is 2.70. The molecule has 3 saturated heterocycles. The summed E-state index contributed by atoms with van der Waals surface area (Å²) in [6.07, 6.45) is -15.0. The predicted molar refractivity (Wildman–Crippen MR) is 226 cm³/mol. The summed E-state index contributed by atoms with van der Waals surface area (Å²) in [5, 5.41) is 116. The normalized spacial score (nSPS) is 53.5. The van der Waals surface area contributed by atoms with Gasteiger partial charge >= 0.3 is 11.9 Å². The van der Waals surface area contributed by atoms with E-state index < -0.39 is 134 Å². The monoisotopic (exact) mass is 942 g/mol. The zero-order valence-corrected chi connectivity index (χ0v) is 38.8. The first-order valence-corrected chi connectivity index (χ1v) is 23.9. The maximum atomic E-state index is 14.7. The Morgan fingerprint density at radius 1 is 0.712 bits per heavy atom. The number of carboxylic acids is 1. The van der Waals surface area contributed by atoms with Gasteiger partial charge in [0.05, 0.1) is 24.7 Å². The Labute approximate surface area is 385 Å². The van der Waals surface area contributed by atoms with Crippen LogP contribution in [0, 0.1) is 50.2 Å². The Balaban J connectivity index is 1.04. The molecule has 19 nitrogen and oxygen atoms in total. The molecular weight excluding hydrogens is 868 g/mol. The topological polar surface area (TPSA) is 312 Å². The van der Waals surface area contributed by atoms with Gasteiger partial charge in [-0.05, 0) is 109 Å². The molecule has 0 aromatic rings. The van der Waals surface area contributed by atoms with E-state index in [1.807, 2.05) is 6.92 Å². The number of aliphatic carboxylic acids is 1. The highest BCUT2D eigenvalue weighted by molar-refractivity contribution is 5.79. The summed E-state index contributed by atoms with van der Waals surface area (Å²) in [4.78, 5) is 27.0. The lowest BCUT2D eigenvalue weighted by atomic mass is 9.33. The number of aliphatic hydroxyl groups excluding tert-OH is 10. The van der Waals surface area contributed by atoms with Crippen molar-refractivity contribution < 1.29 is 94.2 Å². The van der Waals surface area contributed by atoms with Crippen molar-refractivity contribution in [3.05, 3.63) is 11.6 Å². The molecule has 3 heterocycles. The molecule has 19 heteroatoms. The van der Waals surface area contributed by atoms with Gasteiger partial charge in [0.25, 0.3) is 0 Å². The standard InChI is InChI=1S/C47H74O19/c1-42(2)25-9-12-46(6)26(44(25,4)11-10-27(42)63-40-34(57)35(33(56)36(65-40)37(58)59)64-38-31(54)28(51)23(50)19-61-38)8-7-21-22-17-43(3,20-49)13-15-47(22,16-14-45(21,46)5)41(60)66-39-32(55)30(53)29(52)24(18-48)62-39/h7,22-36,38-40,48-57H,8-20H2,1-6H3,(H,58,59)/t22?,23-,24-,25?,26?,27-,28+,29-,30+,31-,32-,33+,34-,35+,36+,38?,39+,40-,43+,44-,45+,46+,47-/m0/s1. The second-order valence-electron chi connectivity index (χ2n) is 22.9. The average molecular weight is 943 g/mol. The van der Waals surface area contributed by atoms with Crippen molar-refractivity contribution in [1.29, 1.82) is 0 Å². The second kappa shape index (κ2) is 17.7. The van der Waals surface area contributed by atoms with Crippen LogP contribution >= 0.6 is 0 Å². The van der Waals surface area contributed by atoms with E-state index in [1.165, 1.54) is 5.57 Å². The molecule has 4 unspecified atom stereocenters. The zero-order chi connectivity index (χ0) is 48.3. The number of aliphatic hydroxyl groups is 10. The van der Waals surface area contributed by atoms with Gasteiger partial charge in [-0.1, -0.05) is 53.2 Å². The fourth-order valence-electron chi connectivity index (χ4n) is 14.8. The third kappa shape index (κ3) is 7.73. The fraction of sp³-hybridized carbons (Fsp3) is 0.915. The van der Waals surface area contributed by atoms with Crippen LogP contribution in [-0.2, 0) is 38.0 Å². The highest BCUT2D eigenvalue weighted by Crippen LogP contribution is 2.76. The van der Waals surface area contributed by atoms with Gasteiger partial charge < -0.3 is 84.6 Å². The molecule has 0 aromatic heterocycles. The van der Waals surface area contributed by atoms with Crippen LogP contribution < -0.4 is 0 Å². The number of ether oxygens (including phenoxy) is 6. The van der Waals surface area contributed by atoms with E-state index in [0.29, 0.717) is 38.5 Å². The number of hydrogen-bond acceptors (Lipinski definition) is 18. The summed E-state index contributed by atoms with van der Waals surface area (Å²) < 4.78 is 35.0. The van der Waals surface area contributed by atoms with Crippen molar-refractivity contribution >= 4 is 11.9 Å². The molecule has 5 aliphatic carbocycles. The molecule has 66 heavy (non-hydrogen) atoms. The molecule has 0 spiro atoms. The molecule has 3 aliphatic heterocycles. The van der Waals surface area contributed by atoms with E-state index in [1.54, 1.807) is 0 Å². The summed E-state index contributed by atoms with van der Waals surface area (Å²) >= 11 is 0. The van der Waals surface area contributed by atoms with Crippen molar-refractivity contribution in [3.63, 3.8) is 0 Å². The van der Waals surface area contributed by atoms with E-state index in [-0.39, 0.29) is 40.6 Å². The molecule has 0 bridgehead atoms. The summed E-state index contributed by atoms with van der Waals surface area (Å²) in [6.45, 7) is 12.2. The van der Waals surface area contributed by atoms with Crippen molar-refractivity contribution in [3.8, 4) is 0 Å². The Bertz CT molecular complexity index is 1850. The van der Waals surface area contributed by atoms with Crippen molar-refractivity contribution in [1.82, 2.24) is 0 Å². The summed E-state index contributed by atoms with van der Waals surface area (Å²) in [7, 11) is 0. The van der Waals surface area contributed by atoms with Gasteiger partial charge in [0.2, 0.25) is 6.29 Å². The van der Waals surface area contributed by atoms with Crippen LogP contribution in [0.25, 0.3) is 0 Å². The van der Waals surface area contributed by atoms with E-state index >= 15 is 0 Å². The van der Waals surface area contributed by atoms with Crippen LogP contribution in [0.1, 0.15) is 106 Å². The number of rotatable bonds is 9. The van der Waals surface area contributed by atoms with Crippen LogP contribution in [0.2, 0.25) is 0 Å². The first-order valence-electron chi connectivity index (χ1n) is 23.9. The minimum Gasteiger partial charge on any atom is -0.479 e. The van der Waals surface area contributed by atoms with Gasteiger partial charge in [0, 0.05) is 6.61 Å². The lowest BCUT2D eigenvalue weighted by Crippen LogP contribution is -2.67. The average Bonchev–Trinajstić information content (AvgIpc) is 3.26. The largest absolute Gasteiger partial charge is 0.479 e. The van der Waals surface area contributed by atoms with Crippen molar-refractivity contribution in [2.75, 3.05) is 19.8 Å². The van der Waals surface area contributed by atoms with Gasteiger partial charge in [-0.2, -0.15) is 0 Å². The molecule has 11 N–H and O–H groups in total. The van der Waals surface area contributed by atoms with E-state index in [4.69, 9.17) is 28.4 Å². The second-order valence-corrected chi connectivity index (χ2v) is 22.9. The molecular formula is C47H74O19. The third-order valence-electron chi connectivity index (χ3n) is 19.1. The first-order chi connectivity index (χ1) is 30.8. The van der Waals surface area contributed by atoms with Gasteiger partial charge in [-0.25, -0.2) is 4.79 Å². The zero-order valence-electron chi connectivity index (χ0n) is 38.8. The smallest absolute Gasteiger partial charge is 0.335 e. The summed E-state index contributed by atoms with van der Waals surface area (Å²) in [6, 6.07) is 0. The number of esters is 1. The molecule has 8 rings (SSSR count). The van der Waals surface area contributed by atoms with Crippen LogP contribution in [0.4, 0.5) is 0 Å². The lowest BCUT2D eigenvalue weighted by Gasteiger charge is -2.71. The SMILES string of the molecule is CC1(C)C2CC[C@]3(C)C(CC=C4C5C[C@](C)(CO)CC[C@]5(C(=O)O[C@H]5O[C@@H](CO)[C@H](O)[C@@H](O)[C@@H]5O)CC[C@]43C)[C@@]2(C)CC[C@@H]1O[C@H]1O[C@@H](C(=O)O)[C@H](O)[C@@H](OC2OC[C@H](O)[C@@H](O)[C@@H]2O)[C@@H]1O. The molecule has 0 amide bonds. The van der Waals surface area contributed by atoms with E-state index in [2.05, 4.69) is 40.7 Å².